The molecular weight excluding hydrogens is 404 g/mol. The van der Waals surface area contributed by atoms with Crippen molar-refractivity contribution in [3.8, 4) is 0 Å². The molecule has 3 N–H and O–H groups in total. The molecule has 3 atom stereocenters. The minimum absolute atomic E-state index is 0.0488. The average molecular weight is 420 g/mol. The summed E-state index contributed by atoms with van der Waals surface area (Å²) in [6, 6.07) is 0. The third-order valence-corrected chi connectivity index (χ3v) is 5.70. The molecule has 1 aromatic rings. The zero-order chi connectivity index (χ0) is 15.4. The van der Waals surface area contributed by atoms with E-state index in [1.165, 1.54) is 6.20 Å². The van der Waals surface area contributed by atoms with Gasteiger partial charge in [-0.05, 0) is 38.3 Å². The number of ether oxygens (including phenoxy) is 1. The van der Waals surface area contributed by atoms with Gasteiger partial charge in [-0.25, -0.2) is 9.97 Å². The van der Waals surface area contributed by atoms with Crippen LogP contribution in [-0.2, 0) is 9.53 Å². The third-order valence-electron chi connectivity index (χ3n) is 4.76. The van der Waals surface area contributed by atoms with Gasteiger partial charge < -0.3 is 15.8 Å². The first kappa shape index (κ1) is 15.3. The fourth-order valence-corrected chi connectivity index (χ4v) is 4.40. The summed E-state index contributed by atoms with van der Waals surface area (Å²) in [5.41, 5.74) is 5.11. The van der Waals surface area contributed by atoms with Crippen LogP contribution in [-0.4, -0.2) is 34.1 Å². The van der Waals surface area contributed by atoms with E-state index in [4.69, 9.17) is 10.5 Å². The van der Waals surface area contributed by atoms with Gasteiger partial charge in [0.05, 0.1) is 12.3 Å². The topological polar surface area (TPSA) is 90.1 Å². The molecule has 114 valence electrons. The van der Waals surface area contributed by atoms with Crippen LogP contribution in [0.2, 0.25) is 0 Å². The van der Waals surface area contributed by atoms with E-state index in [-0.39, 0.29) is 17.9 Å². The van der Waals surface area contributed by atoms with Crippen molar-refractivity contribution in [1.82, 2.24) is 9.97 Å². The fourth-order valence-electron chi connectivity index (χ4n) is 3.49. The lowest BCUT2D eigenvalue weighted by atomic mass is 9.48. The molecule has 0 spiro atoms. The number of carbonyl (C=O) groups is 1. The molecule has 0 bridgehead atoms. The summed E-state index contributed by atoms with van der Waals surface area (Å²) in [7, 11) is 0. The highest BCUT2D eigenvalue weighted by Gasteiger charge is 2.71. The number of anilines is 1. The van der Waals surface area contributed by atoms with Gasteiger partial charge in [0.15, 0.2) is 5.82 Å². The zero-order valence-corrected chi connectivity index (χ0v) is 14.9. The van der Waals surface area contributed by atoms with Crippen LogP contribution in [0.15, 0.2) is 15.4 Å². The number of nitrogens with two attached hydrogens (primary N) is 1. The lowest BCUT2D eigenvalue weighted by molar-refractivity contribution is -0.170. The molecule has 1 aliphatic heterocycles. The Hall–Kier alpha value is -0.570. The van der Waals surface area contributed by atoms with Crippen LogP contribution in [0.5, 0.6) is 0 Å². The maximum atomic E-state index is 12.7. The molecule has 2 heterocycles. The molecule has 1 aliphatic carbocycles. The molecule has 6 nitrogen and oxygen atoms in total. The number of amides is 1. The molecule has 1 aromatic heterocycles. The monoisotopic (exact) mass is 418 g/mol. The lowest BCUT2D eigenvalue weighted by Gasteiger charge is -2.60. The summed E-state index contributed by atoms with van der Waals surface area (Å²) in [6.07, 6.45) is 2.38. The molecule has 0 radical (unpaired) electrons. The van der Waals surface area contributed by atoms with Gasteiger partial charge in [0.1, 0.15) is 14.7 Å². The number of nitrogens with one attached hydrogen (secondary N) is 1. The van der Waals surface area contributed by atoms with Crippen molar-refractivity contribution < 1.29 is 9.53 Å². The second kappa shape index (κ2) is 4.97. The van der Waals surface area contributed by atoms with E-state index in [2.05, 4.69) is 47.1 Å². The summed E-state index contributed by atoms with van der Waals surface area (Å²) in [4.78, 5) is 21.0. The Labute approximate surface area is 139 Å². The van der Waals surface area contributed by atoms with E-state index in [9.17, 15) is 4.79 Å². The highest BCUT2D eigenvalue weighted by atomic mass is 79.9. The van der Waals surface area contributed by atoms with Gasteiger partial charge in [-0.3, -0.25) is 4.79 Å². The molecule has 3 rings (SSSR count). The van der Waals surface area contributed by atoms with Gasteiger partial charge in [-0.1, -0.05) is 13.8 Å². The van der Waals surface area contributed by atoms with Gasteiger partial charge in [0, 0.05) is 17.9 Å². The standard InChI is InChI=1S/C13H16Br2N4O2/c1-12(2)8-6(3-4-21-8)13(12,16)11(20)19-10-9(15)18-7(14)5-17-10/h5-6,8H,3-4,16H2,1-2H3,(H,17,19,20). The number of rotatable bonds is 2. The highest BCUT2D eigenvalue weighted by Crippen LogP contribution is 2.58. The van der Waals surface area contributed by atoms with Crippen LogP contribution in [0.4, 0.5) is 5.82 Å². The summed E-state index contributed by atoms with van der Waals surface area (Å²) >= 11 is 6.51. The van der Waals surface area contributed by atoms with Crippen molar-refractivity contribution in [2.45, 2.75) is 31.9 Å². The van der Waals surface area contributed by atoms with Crippen molar-refractivity contribution >= 4 is 43.6 Å². The Morgan fingerprint density at radius 2 is 2.24 bits per heavy atom. The second-order valence-electron chi connectivity index (χ2n) is 6.06. The van der Waals surface area contributed by atoms with Gasteiger partial charge in [-0.2, -0.15) is 0 Å². The van der Waals surface area contributed by atoms with Crippen LogP contribution < -0.4 is 11.1 Å². The van der Waals surface area contributed by atoms with Crippen LogP contribution in [0.3, 0.4) is 0 Å². The van der Waals surface area contributed by atoms with Crippen LogP contribution >= 0.6 is 31.9 Å². The van der Waals surface area contributed by atoms with E-state index in [1.807, 2.05) is 13.8 Å². The predicted molar refractivity (Wildman–Crippen MR) is 84.6 cm³/mol. The fraction of sp³-hybridized carbons (Fsp3) is 0.615. The van der Waals surface area contributed by atoms with Gasteiger partial charge in [-0.15, -0.1) is 0 Å². The molecule has 1 saturated heterocycles. The number of fused-ring (bicyclic) bond motifs is 1. The quantitative estimate of drug-likeness (QED) is 0.765. The smallest absolute Gasteiger partial charge is 0.246 e. The van der Waals surface area contributed by atoms with Crippen LogP contribution in [0, 0.1) is 11.3 Å². The summed E-state index contributed by atoms with van der Waals surface area (Å²) in [5, 5.41) is 2.79. The first-order valence-electron chi connectivity index (χ1n) is 6.68. The number of hydrogen-bond donors (Lipinski definition) is 2. The van der Waals surface area contributed by atoms with Crippen LogP contribution in [0.25, 0.3) is 0 Å². The largest absolute Gasteiger partial charge is 0.377 e. The molecule has 1 saturated carbocycles. The molecule has 21 heavy (non-hydrogen) atoms. The first-order valence-corrected chi connectivity index (χ1v) is 8.27. The molecule has 0 aromatic carbocycles. The molecular formula is C13H16Br2N4O2. The normalized spacial score (nSPS) is 33.2. The predicted octanol–water partition coefficient (Wildman–Crippen LogP) is 2.08. The number of nitrogens with zero attached hydrogens (tertiary/aromatic N) is 2. The van der Waals surface area contributed by atoms with Crippen molar-refractivity contribution in [1.29, 1.82) is 0 Å². The Morgan fingerprint density at radius 3 is 2.90 bits per heavy atom. The van der Waals surface area contributed by atoms with Gasteiger partial charge in [0.25, 0.3) is 0 Å². The number of carbonyl (C=O) groups excluding carboxylic acids is 1. The van der Waals surface area contributed by atoms with Gasteiger partial charge in [0.2, 0.25) is 5.91 Å². The Bertz CT molecular complexity index is 610. The summed E-state index contributed by atoms with van der Waals surface area (Å²) in [6.45, 7) is 4.61. The van der Waals surface area contributed by atoms with E-state index in [0.717, 1.165) is 6.42 Å². The summed E-state index contributed by atoms with van der Waals surface area (Å²) < 4.78 is 6.75. The molecule has 2 fully saturated rings. The molecule has 3 unspecified atom stereocenters. The van der Waals surface area contributed by atoms with Crippen molar-refractivity contribution in [2.24, 2.45) is 17.1 Å². The highest BCUT2D eigenvalue weighted by molar-refractivity contribution is 9.11. The molecule has 1 amide bonds. The van der Waals surface area contributed by atoms with Crippen molar-refractivity contribution in [2.75, 3.05) is 11.9 Å². The zero-order valence-electron chi connectivity index (χ0n) is 11.7. The minimum Gasteiger partial charge on any atom is -0.377 e. The first-order chi connectivity index (χ1) is 9.78. The molecule has 2 aliphatic rings. The van der Waals surface area contributed by atoms with E-state index < -0.39 is 11.0 Å². The lowest BCUT2D eigenvalue weighted by Crippen LogP contribution is -2.79. The maximum Gasteiger partial charge on any atom is 0.246 e. The van der Waals surface area contributed by atoms with Crippen LogP contribution in [0.1, 0.15) is 20.3 Å². The average Bonchev–Trinajstić information content (AvgIpc) is 2.89. The number of hydrogen-bond acceptors (Lipinski definition) is 5. The maximum absolute atomic E-state index is 12.7. The third kappa shape index (κ3) is 2.07. The Balaban J connectivity index is 1.85. The Morgan fingerprint density at radius 1 is 1.52 bits per heavy atom. The second-order valence-corrected chi connectivity index (χ2v) is 7.63. The van der Waals surface area contributed by atoms with Crippen molar-refractivity contribution in [3.63, 3.8) is 0 Å². The van der Waals surface area contributed by atoms with E-state index in [0.29, 0.717) is 21.6 Å². The number of aromatic nitrogens is 2. The SMILES string of the molecule is CC1(C)C2OCCC2C1(N)C(=O)Nc1ncc(Br)nc1Br. The molecule has 8 heteroatoms. The minimum atomic E-state index is -0.956. The van der Waals surface area contributed by atoms with E-state index in [1.54, 1.807) is 0 Å². The summed E-state index contributed by atoms with van der Waals surface area (Å²) in [5.74, 6) is 0.178. The Kier molecular flexibility index (Phi) is 3.63. The number of halogens is 2. The van der Waals surface area contributed by atoms with E-state index >= 15 is 0 Å². The van der Waals surface area contributed by atoms with Gasteiger partial charge >= 0.3 is 0 Å². The van der Waals surface area contributed by atoms with Crippen molar-refractivity contribution in [3.05, 3.63) is 15.4 Å².